The lowest BCUT2D eigenvalue weighted by Crippen LogP contribution is -2.37. The number of halogens is 3. The Morgan fingerprint density at radius 3 is 2.39 bits per heavy atom. The van der Waals surface area contributed by atoms with Crippen molar-refractivity contribution in [3.63, 3.8) is 0 Å². The summed E-state index contributed by atoms with van der Waals surface area (Å²) in [4.78, 5) is 11.5. The van der Waals surface area contributed by atoms with Gasteiger partial charge >= 0.3 is 12.3 Å². The van der Waals surface area contributed by atoms with Crippen LogP contribution in [0.15, 0.2) is 18.2 Å². The molecule has 5 nitrogen and oxygen atoms in total. The van der Waals surface area contributed by atoms with E-state index in [0.717, 1.165) is 6.07 Å². The maximum absolute atomic E-state index is 13.1. The Kier molecular flexibility index (Phi) is 5.87. The number of ether oxygens (including phenoxy) is 2. The molecule has 0 saturated heterocycles. The number of alkyl carbamates (subject to hydrolysis) is 1. The summed E-state index contributed by atoms with van der Waals surface area (Å²) >= 11 is 0. The van der Waals surface area contributed by atoms with Crippen molar-refractivity contribution < 1.29 is 27.4 Å². The molecule has 1 atom stereocenters. The fourth-order valence-corrected chi connectivity index (χ4v) is 1.85. The third-order valence-corrected chi connectivity index (χ3v) is 2.83. The molecule has 0 aliphatic carbocycles. The Morgan fingerprint density at radius 1 is 1.30 bits per heavy atom. The number of hydrogen-bond acceptors (Lipinski definition) is 4. The van der Waals surface area contributed by atoms with Crippen LogP contribution in [-0.4, -0.2) is 25.3 Å². The molecule has 0 radical (unpaired) electrons. The minimum absolute atomic E-state index is 0.0772. The van der Waals surface area contributed by atoms with Crippen molar-refractivity contribution in [3.05, 3.63) is 29.3 Å². The average Bonchev–Trinajstić information content (AvgIpc) is 2.41. The highest BCUT2D eigenvalue weighted by atomic mass is 19.4. The van der Waals surface area contributed by atoms with Crippen LogP contribution in [0.25, 0.3) is 0 Å². The van der Waals surface area contributed by atoms with Gasteiger partial charge in [0, 0.05) is 12.6 Å². The highest BCUT2D eigenvalue weighted by Gasteiger charge is 2.35. The van der Waals surface area contributed by atoms with Gasteiger partial charge in [0.15, 0.2) is 0 Å². The van der Waals surface area contributed by atoms with Crippen LogP contribution in [0.1, 0.15) is 37.9 Å². The van der Waals surface area contributed by atoms with Gasteiger partial charge in [-0.3, -0.25) is 0 Å². The number of carbonyl (C=O) groups excluding carboxylic acids is 1. The largest absolute Gasteiger partial charge is 0.497 e. The van der Waals surface area contributed by atoms with E-state index in [2.05, 4.69) is 5.32 Å². The molecule has 1 aromatic carbocycles. The maximum Gasteiger partial charge on any atom is 0.416 e. The minimum atomic E-state index is -4.58. The van der Waals surface area contributed by atoms with Crippen LogP contribution in [0.4, 0.5) is 18.0 Å². The molecule has 1 aromatic rings. The molecule has 0 aromatic heterocycles. The van der Waals surface area contributed by atoms with Crippen LogP contribution in [0.3, 0.4) is 0 Å². The van der Waals surface area contributed by atoms with Crippen molar-refractivity contribution in [2.24, 2.45) is 5.73 Å². The Hall–Kier alpha value is -1.96. The fraction of sp³-hybridized carbons (Fsp3) is 0.533. The summed E-state index contributed by atoms with van der Waals surface area (Å²) in [7, 11) is 1.28. The Bertz CT molecular complexity index is 554. The van der Waals surface area contributed by atoms with Gasteiger partial charge in [0.25, 0.3) is 0 Å². The monoisotopic (exact) mass is 334 g/mol. The normalized spacial score (nSPS) is 13.4. The molecule has 1 amide bonds. The van der Waals surface area contributed by atoms with E-state index in [-0.39, 0.29) is 17.9 Å². The van der Waals surface area contributed by atoms with E-state index in [4.69, 9.17) is 15.2 Å². The van der Waals surface area contributed by atoms with Crippen molar-refractivity contribution in [3.8, 4) is 5.75 Å². The SMILES string of the molecule is COc1ccc(C(N)CNC(=O)OC(C)(C)C)c(C(F)(F)F)c1. The molecule has 130 valence electrons. The lowest BCUT2D eigenvalue weighted by molar-refractivity contribution is -0.138. The minimum Gasteiger partial charge on any atom is -0.497 e. The van der Waals surface area contributed by atoms with Crippen LogP contribution in [-0.2, 0) is 10.9 Å². The first kappa shape index (κ1) is 19.1. The molecule has 1 rings (SSSR count). The summed E-state index contributed by atoms with van der Waals surface area (Å²) in [6.45, 7) is 4.84. The van der Waals surface area contributed by atoms with E-state index in [1.54, 1.807) is 20.8 Å². The van der Waals surface area contributed by atoms with Gasteiger partial charge in [-0.25, -0.2) is 4.79 Å². The van der Waals surface area contributed by atoms with Crippen LogP contribution in [0.5, 0.6) is 5.75 Å². The summed E-state index contributed by atoms with van der Waals surface area (Å²) in [6, 6.07) is 2.47. The molecule has 0 spiro atoms. The molecule has 23 heavy (non-hydrogen) atoms. The number of carbonyl (C=O) groups is 1. The van der Waals surface area contributed by atoms with Crippen molar-refractivity contribution >= 4 is 6.09 Å². The number of benzene rings is 1. The zero-order chi connectivity index (χ0) is 17.8. The van der Waals surface area contributed by atoms with Gasteiger partial charge in [0.05, 0.1) is 12.7 Å². The number of alkyl halides is 3. The first-order valence-electron chi connectivity index (χ1n) is 6.91. The molecule has 0 bridgehead atoms. The van der Waals surface area contributed by atoms with Gasteiger partial charge in [-0.1, -0.05) is 6.07 Å². The van der Waals surface area contributed by atoms with Crippen LogP contribution in [0.2, 0.25) is 0 Å². The van der Waals surface area contributed by atoms with E-state index >= 15 is 0 Å². The molecule has 0 aliphatic rings. The summed E-state index contributed by atoms with van der Waals surface area (Å²) in [6.07, 6.45) is -5.32. The molecule has 0 saturated carbocycles. The second kappa shape index (κ2) is 7.08. The van der Waals surface area contributed by atoms with E-state index in [1.165, 1.54) is 19.2 Å². The maximum atomic E-state index is 13.1. The molecule has 0 heterocycles. The van der Waals surface area contributed by atoms with Gasteiger partial charge < -0.3 is 20.5 Å². The third kappa shape index (κ3) is 5.97. The Morgan fingerprint density at radius 2 is 1.91 bits per heavy atom. The third-order valence-electron chi connectivity index (χ3n) is 2.83. The summed E-state index contributed by atoms with van der Waals surface area (Å²) in [5.41, 5.74) is 4.06. The smallest absolute Gasteiger partial charge is 0.416 e. The predicted molar refractivity (Wildman–Crippen MR) is 79.2 cm³/mol. The second-order valence-electron chi connectivity index (χ2n) is 5.94. The van der Waals surface area contributed by atoms with E-state index in [0.29, 0.717) is 0 Å². The zero-order valence-corrected chi connectivity index (χ0v) is 13.5. The van der Waals surface area contributed by atoms with Crippen LogP contribution < -0.4 is 15.8 Å². The topological polar surface area (TPSA) is 73.6 Å². The van der Waals surface area contributed by atoms with Crippen molar-refractivity contribution in [1.29, 1.82) is 0 Å². The second-order valence-corrected chi connectivity index (χ2v) is 5.94. The molecule has 1 unspecified atom stereocenters. The fourth-order valence-electron chi connectivity index (χ4n) is 1.85. The summed E-state index contributed by atoms with van der Waals surface area (Å²) < 4.78 is 49.2. The number of nitrogens with two attached hydrogens (primary N) is 1. The molecule has 0 aliphatic heterocycles. The lowest BCUT2D eigenvalue weighted by atomic mass is 10.00. The highest BCUT2D eigenvalue weighted by molar-refractivity contribution is 5.67. The quantitative estimate of drug-likeness (QED) is 0.886. The Labute approximate surface area is 132 Å². The average molecular weight is 334 g/mol. The van der Waals surface area contributed by atoms with Gasteiger partial charge in [0.2, 0.25) is 0 Å². The molecule has 8 heteroatoms. The number of hydrogen-bond donors (Lipinski definition) is 2. The highest BCUT2D eigenvalue weighted by Crippen LogP contribution is 2.36. The van der Waals surface area contributed by atoms with E-state index in [9.17, 15) is 18.0 Å². The van der Waals surface area contributed by atoms with Crippen LogP contribution >= 0.6 is 0 Å². The van der Waals surface area contributed by atoms with Crippen molar-refractivity contribution in [2.75, 3.05) is 13.7 Å². The van der Waals surface area contributed by atoms with E-state index in [1.807, 2.05) is 0 Å². The zero-order valence-electron chi connectivity index (χ0n) is 13.5. The van der Waals surface area contributed by atoms with Gasteiger partial charge in [-0.05, 0) is 38.5 Å². The standard InChI is InChI=1S/C15H21F3N2O3/c1-14(2,3)23-13(21)20-8-12(19)10-6-5-9(22-4)7-11(10)15(16,17)18/h5-7,12H,8,19H2,1-4H3,(H,20,21). The van der Waals surface area contributed by atoms with Gasteiger partial charge in [-0.2, -0.15) is 13.2 Å². The van der Waals surface area contributed by atoms with Crippen molar-refractivity contribution in [1.82, 2.24) is 5.32 Å². The Balaban J connectivity index is 2.87. The predicted octanol–water partition coefficient (Wildman–Crippen LogP) is 3.24. The molecular formula is C15H21F3N2O3. The summed E-state index contributed by atoms with van der Waals surface area (Å²) in [5, 5.41) is 2.36. The van der Waals surface area contributed by atoms with E-state index < -0.39 is 29.5 Å². The summed E-state index contributed by atoms with van der Waals surface area (Å²) in [5.74, 6) is 0.0772. The first-order valence-corrected chi connectivity index (χ1v) is 6.91. The number of methoxy groups -OCH3 is 1. The number of amides is 1. The number of rotatable bonds is 4. The molecule has 3 N–H and O–H groups in total. The molecule has 0 fully saturated rings. The van der Waals surface area contributed by atoms with Crippen molar-refractivity contribution in [2.45, 2.75) is 38.6 Å². The van der Waals surface area contributed by atoms with Gasteiger partial charge in [-0.15, -0.1) is 0 Å². The lowest BCUT2D eigenvalue weighted by Gasteiger charge is -2.22. The van der Waals surface area contributed by atoms with Crippen LogP contribution in [0, 0.1) is 0 Å². The first-order chi connectivity index (χ1) is 10.4. The number of nitrogens with one attached hydrogen (secondary N) is 1. The molecular weight excluding hydrogens is 313 g/mol. The van der Waals surface area contributed by atoms with Gasteiger partial charge in [0.1, 0.15) is 11.4 Å².